The summed E-state index contributed by atoms with van der Waals surface area (Å²) in [5.41, 5.74) is 0.924. The van der Waals surface area contributed by atoms with Crippen LogP contribution in [0.15, 0.2) is 23.2 Å². The Labute approximate surface area is 192 Å². The van der Waals surface area contributed by atoms with E-state index in [2.05, 4.69) is 40.8 Å². The van der Waals surface area contributed by atoms with Gasteiger partial charge in [0.1, 0.15) is 0 Å². The second-order valence-electron chi connectivity index (χ2n) is 9.18. The minimum Gasteiger partial charge on any atom is -0.504 e. The van der Waals surface area contributed by atoms with Gasteiger partial charge in [0.2, 0.25) is 5.91 Å². The van der Waals surface area contributed by atoms with Crippen molar-refractivity contribution in [3.63, 3.8) is 0 Å². The average molecular weight is 446 g/mol. The minimum absolute atomic E-state index is 0.126. The number of nitrogens with one attached hydrogen (secondary N) is 1. The first kappa shape index (κ1) is 24.2. The van der Waals surface area contributed by atoms with Gasteiger partial charge in [0.05, 0.1) is 20.2 Å². The number of aliphatic imine (C=N–C) groups is 1. The fraction of sp³-hybridized carbons (Fsp3) is 0.667. The summed E-state index contributed by atoms with van der Waals surface area (Å²) in [4.78, 5) is 24.1. The topological polar surface area (TPSA) is 80.6 Å². The number of carbonyl (C=O) groups excluding carboxylic acids is 1. The number of piperazine rings is 1. The summed E-state index contributed by atoms with van der Waals surface area (Å²) in [6.07, 6.45) is 1.21. The summed E-state index contributed by atoms with van der Waals surface area (Å²) in [6, 6.07) is 5.36. The molecule has 1 aromatic rings. The maximum atomic E-state index is 12.8. The maximum absolute atomic E-state index is 12.8. The van der Waals surface area contributed by atoms with Crippen molar-refractivity contribution in [2.75, 3.05) is 59.5 Å². The molecule has 2 aliphatic heterocycles. The number of amides is 1. The van der Waals surface area contributed by atoms with Crippen LogP contribution < -0.4 is 10.1 Å². The first-order valence-electron chi connectivity index (χ1n) is 11.8. The highest BCUT2D eigenvalue weighted by Gasteiger charge is 2.28. The lowest BCUT2D eigenvalue weighted by molar-refractivity contribution is -0.135. The van der Waals surface area contributed by atoms with E-state index in [9.17, 15) is 9.90 Å². The molecule has 0 radical (unpaired) electrons. The number of carbonyl (C=O) groups is 1. The molecule has 0 aromatic heterocycles. The molecule has 0 saturated carbocycles. The van der Waals surface area contributed by atoms with Gasteiger partial charge in [-0.1, -0.05) is 19.9 Å². The summed E-state index contributed by atoms with van der Waals surface area (Å²) in [7, 11) is 1.54. The van der Waals surface area contributed by atoms with Gasteiger partial charge in [0, 0.05) is 45.8 Å². The number of methoxy groups -OCH3 is 1. The molecule has 3 rings (SSSR count). The Morgan fingerprint density at radius 1 is 1.16 bits per heavy atom. The lowest BCUT2D eigenvalue weighted by Crippen LogP contribution is -2.55. The van der Waals surface area contributed by atoms with Crippen molar-refractivity contribution < 1.29 is 14.6 Å². The molecule has 2 heterocycles. The van der Waals surface area contributed by atoms with E-state index in [1.54, 1.807) is 12.1 Å². The molecule has 1 amide bonds. The third kappa shape index (κ3) is 6.51. The first-order valence-corrected chi connectivity index (χ1v) is 11.8. The zero-order valence-electron chi connectivity index (χ0n) is 20.0. The van der Waals surface area contributed by atoms with E-state index in [-0.39, 0.29) is 11.7 Å². The van der Waals surface area contributed by atoms with E-state index >= 15 is 0 Å². The molecule has 1 aromatic carbocycles. The number of likely N-dealkylation sites (tertiary alicyclic amines) is 1. The molecule has 32 heavy (non-hydrogen) atoms. The molecule has 0 aliphatic carbocycles. The fourth-order valence-corrected chi connectivity index (χ4v) is 4.70. The first-order chi connectivity index (χ1) is 15.4. The Morgan fingerprint density at radius 3 is 2.44 bits per heavy atom. The third-order valence-electron chi connectivity index (χ3n) is 6.24. The van der Waals surface area contributed by atoms with E-state index in [1.165, 1.54) is 13.5 Å². The highest BCUT2D eigenvalue weighted by molar-refractivity contribution is 5.80. The summed E-state index contributed by atoms with van der Waals surface area (Å²) >= 11 is 0. The zero-order chi connectivity index (χ0) is 23.1. The van der Waals surface area contributed by atoms with Crippen LogP contribution in [0.25, 0.3) is 0 Å². The SMILES string of the molecule is CCNC(=NCc1ccc(OC)c(O)c1)N1CCN(CC(=O)N2CC(C)CC(C)C2)CC1. The number of aromatic hydroxyl groups is 1. The predicted molar refractivity (Wildman–Crippen MR) is 127 cm³/mol. The number of phenols is 1. The second kappa shape index (κ2) is 11.4. The summed E-state index contributed by atoms with van der Waals surface area (Å²) < 4.78 is 5.11. The van der Waals surface area contributed by atoms with Crippen molar-refractivity contribution in [3.05, 3.63) is 23.8 Å². The number of hydrogen-bond donors (Lipinski definition) is 2. The van der Waals surface area contributed by atoms with Gasteiger partial charge in [-0.15, -0.1) is 0 Å². The van der Waals surface area contributed by atoms with Crippen molar-refractivity contribution in [1.29, 1.82) is 0 Å². The van der Waals surface area contributed by atoms with Gasteiger partial charge in [-0.2, -0.15) is 0 Å². The van der Waals surface area contributed by atoms with Crippen molar-refractivity contribution in [2.24, 2.45) is 16.8 Å². The summed E-state index contributed by atoms with van der Waals surface area (Å²) in [5, 5.41) is 13.4. The monoisotopic (exact) mass is 445 g/mol. The van der Waals surface area contributed by atoms with Crippen LogP contribution in [0.1, 0.15) is 32.8 Å². The van der Waals surface area contributed by atoms with Gasteiger partial charge in [0.15, 0.2) is 17.5 Å². The van der Waals surface area contributed by atoms with Crippen LogP contribution in [0.2, 0.25) is 0 Å². The quantitative estimate of drug-likeness (QED) is 0.515. The second-order valence-corrected chi connectivity index (χ2v) is 9.18. The van der Waals surface area contributed by atoms with Gasteiger partial charge in [-0.05, 0) is 42.9 Å². The van der Waals surface area contributed by atoms with Crippen LogP contribution in [-0.4, -0.2) is 91.1 Å². The molecule has 2 aliphatic rings. The molecule has 2 unspecified atom stereocenters. The lowest BCUT2D eigenvalue weighted by Gasteiger charge is -2.39. The Hall–Kier alpha value is -2.48. The molecule has 0 bridgehead atoms. The van der Waals surface area contributed by atoms with E-state index in [0.717, 1.165) is 57.3 Å². The molecular weight excluding hydrogens is 406 g/mol. The Balaban J connectivity index is 1.52. The summed E-state index contributed by atoms with van der Waals surface area (Å²) in [5.74, 6) is 2.89. The smallest absolute Gasteiger partial charge is 0.236 e. The number of nitrogens with zero attached hydrogens (tertiary/aromatic N) is 4. The van der Waals surface area contributed by atoms with Crippen molar-refractivity contribution in [1.82, 2.24) is 20.0 Å². The number of hydrogen-bond acceptors (Lipinski definition) is 5. The van der Waals surface area contributed by atoms with Gasteiger partial charge in [-0.25, -0.2) is 4.99 Å². The highest BCUT2D eigenvalue weighted by Crippen LogP contribution is 2.26. The minimum atomic E-state index is 0.126. The fourth-order valence-electron chi connectivity index (χ4n) is 4.70. The van der Waals surface area contributed by atoms with Crippen molar-refractivity contribution in [2.45, 2.75) is 33.7 Å². The molecule has 8 nitrogen and oxygen atoms in total. The normalized spacial score (nSPS) is 22.7. The van der Waals surface area contributed by atoms with E-state index in [1.807, 2.05) is 6.07 Å². The van der Waals surface area contributed by atoms with Crippen LogP contribution >= 0.6 is 0 Å². The standard InChI is InChI=1S/C24H39N5O3/c1-5-25-24(26-14-20-6-7-22(32-4)21(30)13-20)28-10-8-27(9-11-28)17-23(31)29-15-18(2)12-19(3)16-29/h6-7,13,18-19,30H,5,8-12,14-17H2,1-4H3,(H,25,26). The van der Waals surface area contributed by atoms with Crippen LogP contribution in [0.4, 0.5) is 0 Å². The molecule has 2 saturated heterocycles. The predicted octanol–water partition coefficient (Wildman–Crippen LogP) is 1.99. The van der Waals surface area contributed by atoms with E-state index in [0.29, 0.717) is 30.7 Å². The molecule has 0 spiro atoms. The Morgan fingerprint density at radius 2 is 1.84 bits per heavy atom. The summed E-state index contributed by atoms with van der Waals surface area (Å²) in [6.45, 7) is 13.4. The van der Waals surface area contributed by atoms with Crippen LogP contribution in [0.3, 0.4) is 0 Å². The zero-order valence-corrected chi connectivity index (χ0v) is 20.0. The molecule has 2 fully saturated rings. The van der Waals surface area contributed by atoms with Gasteiger partial charge >= 0.3 is 0 Å². The number of benzene rings is 1. The molecule has 178 valence electrons. The third-order valence-corrected chi connectivity index (χ3v) is 6.24. The average Bonchev–Trinajstić information content (AvgIpc) is 2.76. The largest absolute Gasteiger partial charge is 0.504 e. The van der Waals surface area contributed by atoms with Crippen molar-refractivity contribution >= 4 is 11.9 Å². The van der Waals surface area contributed by atoms with Gasteiger partial charge in [-0.3, -0.25) is 9.69 Å². The number of ether oxygens (including phenoxy) is 1. The number of piperidine rings is 1. The molecule has 8 heteroatoms. The molecule has 2 N–H and O–H groups in total. The lowest BCUT2D eigenvalue weighted by atomic mass is 9.92. The van der Waals surface area contributed by atoms with E-state index < -0.39 is 0 Å². The van der Waals surface area contributed by atoms with E-state index in [4.69, 9.17) is 9.73 Å². The highest BCUT2D eigenvalue weighted by atomic mass is 16.5. The van der Waals surface area contributed by atoms with Gasteiger partial charge < -0.3 is 25.0 Å². The van der Waals surface area contributed by atoms with Crippen molar-refractivity contribution in [3.8, 4) is 11.5 Å². The molecular formula is C24H39N5O3. The Bertz CT molecular complexity index is 782. The van der Waals surface area contributed by atoms with Gasteiger partial charge in [0.25, 0.3) is 0 Å². The van der Waals surface area contributed by atoms with Crippen LogP contribution in [-0.2, 0) is 11.3 Å². The number of phenolic OH excluding ortho intramolecular Hbond substituents is 1. The molecule has 2 atom stereocenters. The van der Waals surface area contributed by atoms with Crippen LogP contribution in [0, 0.1) is 11.8 Å². The van der Waals surface area contributed by atoms with Crippen LogP contribution in [0.5, 0.6) is 11.5 Å². The number of guanidine groups is 1. The maximum Gasteiger partial charge on any atom is 0.236 e. The Kier molecular flexibility index (Phi) is 8.61. The number of rotatable bonds is 6.